The molecule has 0 aromatic heterocycles. The minimum Gasteiger partial charge on any atom is -0.268 e. The highest BCUT2D eigenvalue weighted by Crippen LogP contribution is 2.36. The number of hydrogen-bond acceptors (Lipinski definition) is 4. The predicted octanol–water partition coefficient (Wildman–Crippen LogP) is 6.73. The minimum absolute atomic E-state index is 0.236. The van der Waals surface area contributed by atoms with Gasteiger partial charge in [0.2, 0.25) is 0 Å². The number of hydrogen-bond donors (Lipinski definition) is 0. The van der Waals surface area contributed by atoms with E-state index in [1.165, 1.54) is 4.90 Å². The van der Waals surface area contributed by atoms with E-state index in [2.05, 4.69) is 0 Å². The summed E-state index contributed by atoms with van der Waals surface area (Å²) in [5.41, 5.74) is 1.77. The number of imide groups is 1. The van der Waals surface area contributed by atoms with E-state index in [0.29, 0.717) is 9.93 Å². The molecule has 3 nitrogen and oxygen atoms in total. The summed E-state index contributed by atoms with van der Waals surface area (Å²) in [5, 5.41) is 0.361. The molecule has 1 aliphatic rings. The average Bonchev–Trinajstić information content (AvgIpc) is 2.99. The smallest absolute Gasteiger partial charge is 0.268 e. The van der Waals surface area contributed by atoms with Crippen LogP contribution in [0.15, 0.2) is 93.6 Å². The van der Waals surface area contributed by atoms with Gasteiger partial charge in [0, 0.05) is 14.8 Å². The Morgan fingerprint density at radius 2 is 1.59 bits per heavy atom. The Bertz CT molecular complexity index is 1080. The van der Waals surface area contributed by atoms with Gasteiger partial charge in [0.15, 0.2) is 0 Å². The van der Waals surface area contributed by atoms with Crippen LogP contribution in [-0.2, 0) is 11.3 Å². The van der Waals surface area contributed by atoms with Gasteiger partial charge in [0.05, 0.1) is 11.4 Å². The monoisotopic (exact) mass is 437 g/mol. The van der Waals surface area contributed by atoms with Crippen LogP contribution in [0.2, 0.25) is 5.02 Å². The second-order valence-electron chi connectivity index (χ2n) is 6.35. The lowest BCUT2D eigenvalue weighted by molar-refractivity contribution is -0.123. The van der Waals surface area contributed by atoms with E-state index in [0.717, 1.165) is 32.7 Å². The first-order chi connectivity index (χ1) is 14.1. The van der Waals surface area contributed by atoms with Crippen molar-refractivity contribution in [2.24, 2.45) is 0 Å². The van der Waals surface area contributed by atoms with Crippen molar-refractivity contribution in [2.45, 2.75) is 16.3 Å². The van der Waals surface area contributed by atoms with E-state index < -0.39 is 0 Å². The number of thioether (sulfide) groups is 1. The summed E-state index contributed by atoms with van der Waals surface area (Å²) < 4.78 is 0. The van der Waals surface area contributed by atoms with Crippen molar-refractivity contribution in [3.8, 4) is 0 Å². The number of rotatable bonds is 5. The zero-order chi connectivity index (χ0) is 20.2. The molecule has 1 heterocycles. The third-order valence-electron chi connectivity index (χ3n) is 4.30. The van der Waals surface area contributed by atoms with Gasteiger partial charge in [-0.2, -0.15) is 0 Å². The molecule has 0 N–H and O–H groups in total. The fourth-order valence-corrected chi connectivity index (χ4v) is 4.75. The van der Waals surface area contributed by atoms with E-state index in [-0.39, 0.29) is 17.7 Å². The van der Waals surface area contributed by atoms with E-state index in [4.69, 9.17) is 11.6 Å². The van der Waals surface area contributed by atoms with Gasteiger partial charge in [-0.15, -0.1) is 0 Å². The molecule has 0 atom stereocenters. The Morgan fingerprint density at radius 3 is 2.34 bits per heavy atom. The van der Waals surface area contributed by atoms with Crippen LogP contribution in [0.25, 0.3) is 6.08 Å². The highest BCUT2D eigenvalue weighted by Gasteiger charge is 2.35. The summed E-state index contributed by atoms with van der Waals surface area (Å²) in [6, 6.07) is 25.1. The maximum Gasteiger partial charge on any atom is 0.293 e. The minimum atomic E-state index is -0.269. The number of halogens is 1. The molecule has 2 amide bonds. The fraction of sp³-hybridized carbons (Fsp3) is 0.0435. The Morgan fingerprint density at radius 1 is 0.897 bits per heavy atom. The lowest BCUT2D eigenvalue weighted by Crippen LogP contribution is -2.27. The lowest BCUT2D eigenvalue weighted by Gasteiger charge is -2.12. The highest BCUT2D eigenvalue weighted by molar-refractivity contribution is 8.18. The molecule has 0 radical (unpaired) electrons. The molecule has 1 saturated heterocycles. The third-order valence-corrected chi connectivity index (χ3v) is 6.56. The van der Waals surface area contributed by atoms with E-state index >= 15 is 0 Å². The van der Waals surface area contributed by atoms with Gasteiger partial charge >= 0.3 is 0 Å². The van der Waals surface area contributed by atoms with Crippen LogP contribution in [0.5, 0.6) is 0 Å². The predicted molar refractivity (Wildman–Crippen MR) is 120 cm³/mol. The van der Waals surface area contributed by atoms with Crippen LogP contribution < -0.4 is 0 Å². The number of benzene rings is 3. The van der Waals surface area contributed by atoms with Gasteiger partial charge in [0.25, 0.3) is 11.1 Å². The van der Waals surface area contributed by atoms with E-state index in [9.17, 15) is 9.59 Å². The molecule has 3 aromatic carbocycles. The van der Waals surface area contributed by atoms with E-state index in [1.54, 1.807) is 30.0 Å². The summed E-state index contributed by atoms with van der Waals surface area (Å²) in [6.45, 7) is 0.236. The molecule has 1 fully saturated rings. The van der Waals surface area contributed by atoms with Crippen LogP contribution in [-0.4, -0.2) is 16.0 Å². The standard InChI is InChI=1S/C23H16ClNO2S2/c24-18-12-10-16(11-13-18)15-25-22(26)21(29-23(25)27)14-17-6-4-5-9-20(17)28-19-7-2-1-3-8-19/h1-14H,15H2/b21-14-. The molecular weight excluding hydrogens is 422 g/mol. The summed E-state index contributed by atoms with van der Waals surface area (Å²) in [4.78, 5) is 29.1. The number of amides is 2. The van der Waals surface area contributed by atoms with Crippen LogP contribution in [0, 0.1) is 0 Å². The Hall–Kier alpha value is -2.47. The van der Waals surface area contributed by atoms with Crippen molar-refractivity contribution in [2.75, 3.05) is 0 Å². The van der Waals surface area contributed by atoms with Crippen molar-refractivity contribution in [3.05, 3.63) is 99.9 Å². The van der Waals surface area contributed by atoms with E-state index in [1.807, 2.05) is 66.7 Å². The third kappa shape index (κ3) is 4.75. The van der Waals surface area contributed by atoms with Crippen molar-refractivity contribution in [3.63, 3.8) is 0 Å². The molecule has 4 rings (SSSR count). The SMILES string of the molecule is O=C1S/C(=C\c2ccccc2Sc2ccccc2)C(=O)N1Cc1ccc(Cl)cc1. The van der Waals surface area contributed by atoms with Crippen molar-refractivity contribution < 1.29 is 9.59 Å². The molecule has 144 valence electrons. The summed E-state index contributed by atoms with van der Waals surface area (Å²) in [5.74, 6) is -0.269. The first kappa shape index (κ1) is 19.8. The zero-order valence-electron chi connectivity index (χ0n) is 15.2. The second kappa shape index (κ2) is 8.91. The van der Waals surface area contributed by atoms with Gasteiger partial charge in [-0.1, -0.05) is 71.9 Å². The Balaban J connectivity index is 1.57. The molecule has 0 bridgehead atoms. The van der Waals surface area contributed by atoms with Crippen LogP contribution in [0.3, 0.4) is 0 Å². The largest absolute Gasteiger partial charge is 0.293 e. The second-order valence-corrected chi connectivity index (χ2v) is 8.89. The molecule has 0 saturated carbocycles. The van der Waals surface area contributed by atoms with Crippen LogP contribution in [0.4, 0.5) is 4.79 Å². The van der Waals surface area contributed by atoms with Gasteiger partial charge < -0.3 is 0 Å². The normalized spacial score (nSPS) is 15.3. The summed E-state index contributed by atoms with van der Waals surface area (Å²) >= 11 is 8.51. The quantitative estimate of drug-likeness (QED) is 0.415. The molecule has 3 aromatic rings. The van der Waals surface area contributed by atoms with Crippen LogP contribution in [0.1, 0.15) is 11.1 Å². The molecule has 29 heavy (non-hydrogen) atoms. The fourth-order valence-electron chi connectivity index (χ4n) is 2.86. The number of nitrogens with zero attached hydrogens (tertiary/aromatic N) is 1. The van der Waals surface area contributed by atoms with Gasteiger partial charge in [-0.3, -0.25) is 14.5 Å². The maximum atomic E-state index is 12.8. The summed E-state index contributed by atoms with van der Waals surface area (Å²) in [6.07, 6.45) is 1.80. The molecule has 0 spiro atoms. The maximum absolute atomic E-state index is 12.8. The van der Waals surface area contributed by atoms with Gasteiger partial charge in [-0.05, 0) is 59.3 Å². The van der Waals surface area contributed by atoms with Crippen molar-refractivity contribution >= 4 is 52.3 Å². The van der Waals surface area contributed by atoms with Gasteiger partial charge in [-0.25, -0.2) is 0 Å². The molecule has 6 heteroatoms. The molecule has 0 unspecified atom stereocenters. The first-order valence-electron chi connectivity index (χ1n) is 8.92. The van der Waals surface area contributed by atoms with Crippen LogP contribution >= 0.6 is 35.1 Å². The molecule has 1 aliphatic heterocycles. The Kier molecular flexibility index (Phi) is 6.09. The van der Waals surface area contributed by atoms with Crippen molar-refractivity contribution in [1.82, 2.24) is 4.90 Å². The topological polar surface area (TPSA) is 37.4 Å². The first-order valence-corrected chi connectivity index (χ1v) is 10.9. The number of carbonyl (C=O) groups is 2. The average molecular weight is 438 g/mol. The van der Waals surface area contributed by atoms with Gasteiger partial charge in [0.1, 0.15) is 0 Å². The number of carbonyl (C=O) groups excluding carboxylic acids is 2. The molecular formula is C23H16ClNO2S2. The summed E-state index contributed by atoms with van der Waals surface area (Å²) in [7, 11) is 0. The lowest BCUT2D eigenvalue weighted by atomic mass is 10.2. The molecule has 0 aliphatic carbocycles. The van der Waals surface area contributed by atoms with Crippen molar-refractivity contribution in [1.29, 1.82) is 0 Å². The Labute approximate surface area is 182 Å². The zero-order valence-corrected chi connectivity index (χ0v) is 17.6. The highest BCUT2D eigenvalue weighted by atomic mass is 35.5.